The summed E-state index contributed by atoms with van der Waals surface area (Å²) in [6, 6.07) is 0. The maximum atomic E-state index is 11.3. The van der Waals surface area contributed by atoms with Crippen molar-refractivity contribution < 1.29 is 9.59 Å². The molecule has 1 aliphatic rings. The molecule has 0 aromatic rings. The molecule has 1 rings (SSSR count). The molecule has 0 spiro atoms. The summed E-state index contributed by atoms with van der Waals surface area (Å²) >= 11 is 0. The number of hydrogen-bond donors (Lipinski definition) is 0. The molecule has 0 saturated heterocycles. The van der Waals surface area contributed by atoms with Crippen LogP contribution in [0.1, 0.15) is 40.0 Å². The maximum Gasteiger partial charge on any atom is 0.133 e. The molecule has 3 unspecified atom stereocenters. The minimum absolute atomic E-state index is 0.00116. The van der Waals surface area contributed by atoms with Gasteiger partial charge in [-0.25, -0.2) is 0 Å². The van der Waals surface area contributed by atoms with E-state index in [0.717, 1.165) is 19.3 Å². The summed E-state index contributed by atoms with van der Waals surface area (Å²) in [6.45, 7) is 5.38. The van der Waals surface area contributed by atoms with Crippen LogP contribution in [0.2, 0.25) is 0 Å². The second-order valence-electron chi connectivity index (χ2n) is 4.35. The molecule has 2 nitrogen and oxygen atoms in total. The Morgan fingerprint density at radius 2 is 1.54 bits per heavy atom. The van der Waals surface area contributed by atoms with Crippen LogP contribution in [0.3, 0.4) is 0 Å². The highest BCUT2D eigenvalue weighted by molar-refractivity contribution is 5.87. The Morgan fingerprint density at radius 3 is 2.00 bits per heavy atom. The smallest absolute Gasteiger partial charge is 0.133 e. The summed E-state index contributed by atoms with van der Waals surface area (Å²) in [6.07, 6.45) is 2.90. The van der Waals surface area contributed by atoms with Gasteiger partial charge in [-0.1, -0.05) is 6.92 Å². The lowest BCUT2D eigenvalue weighted by Crippen LogP contribution is -2.33. The van der Waals surface area contributed by atoms with E-state index < -0.39 is 0 Å². The quantitative estimate of drug-likeness (QED) is 0.656. The third-order valence-corrected chi connectivity index (χ3v) is 3.16. The number of carbonyl (C=O) groups excluding carboxylic acids is 2. The van der Waals surface area contributed by atoms with E-state index in [9.17, 15) is 9.59 Å². The highest BCUT2D eigenvalue weighted by Gasteiger charge is 2.34. The summed E-state index contributed by atoms with van der Waals surface area (Å²) in [7, 11) is 0. The van der Waals surface area contributed by atoms with Gasteiger partial charge in [-0.05, 0) is 39.0 Å². The van der Waals surface area contributed by atoms with E-state index >= 15 is 0 Å². The lowest BCUT2D eigenvalue weighted by Gasteiger charge is -2.31. The molecule has 0 aliphatic heterocycles. The lowest BCUT2D eigenvalue weighted by atomic mass is 9.71. The molecule has 0 bridgehead atoms. The fraction of sp³-hybridized carbons (Fsp3) is 0.818. The van der Waals surface area contributed by atoms with Gasteiger partial charge < -0.3 is 0 Å². The fourth-order valence-electron chi connectivity index (χ4n) is 2.32. The van der Waals surface area contributed by atoms with Crippen molar-refractivity contribution in [1.82, 2.24) is 0 Å². The van der Waals surface area contributed by atoms with Gasteiger partial charge in [0.15, 0.2) is 0 Å². The Kier molecular flexibility index (Phi) is 3.23. The second-order valence-corrected chi connectivity index (χ2v) is 4.35. The van der Waals surface area contributed by atoms with Gasteiger partial charge in [0.05, 0.1) is 0 Å². The molecule has 1 aliphatic carbocycles. The summed E-state index contributed by atoms with van der Waals surface area (Å²) in [4.78, 5) is 22.6. The van der Waals surface area contributed by atoms with Crippen molar-refractivity contribution in [1.29, 1.82) is 0 Å². The molecule has 3 atom stereocenters. The number of hydrogen-bond acceptors (Lipinski definition) is 2. The summed E-state index contributed by atoms with van der Waals surface area (Å²) in [5.74, 6) is 0.985. The van der Waals surface area contributed by atoms with Gasteiger partial charge in [-0.2, -0.15) is 0 Å². The minimum Gasteiger partial charge on any atom is -0.300 e. The highest BCUT2D eigenvalue weighted by atomic mass is 16.1. The van der Waals surface area contributed by atoms with Gasteiger partial charge in [-0.3, -0.25) is 9.59 Å². The molecule has 0 amide bonds. The Morgan fingerprint density at radius 1 is 1.00 bits per heavy atom. The predicted molar refractivity (Wildman–Crippen MR) is 51.4 cm³/mol. The van der Waals surface area contributed by atoms with Gasteiger partial charge >= 0.3 is 0 Å². The van der Waals surface area contributed by atoms with E-state index in [4.69, 9.17) is 0 Å². The first-order valence-electron chi connectivity index (χ1n) is 5.03. The van der Waals surface area contributed by atoms with E-state index in [1.54, 1.807) is 13.8 Å². The Labute approximate surface area is 79.7 Å². The van der Waals surface area contributed by atoms with E-state index in [1.165, 1.54) is 0 Å². The number of rotatable bonds is 2. The monoisotopic (exact) mass is 182 g/mol. The number of carbonyl (C=O) groups is 2. The zero-order valence-electron chi connectivity index (χ0n) is 8.67. The zero-order chi connectivity index (χ0) is 10.0. The fourth-order valence-corrected chi connectivity index (χ4v) is 2.32. The van der Waals surface area contributed by atoms with Crippen LogP contribution in [-0.2, 0) is 9.59 Å². The number of ketones is 2. The average Bonchev–Trinajstić information content (AvgIpc) is 2.03. The van der Waals surface area contributed by atoms with Crippen molar-refractivity contribution in [3.05, 3.63) is 0 Å². The standard InChI is InChI=1S/C11H18O2/c1-7-4-5-10(8(2)12)11(6-7)9(3)13/h7,10-11H,4-6H2,1-3H3. The average molecular weight is 182 g/mol. The molecule has 74 valence electrons. The number of Topliss-reactive ketones (excluding diaryl/α,β-unsaturated/α-hetero) is 2. The minimum atomic E-state index is 0.00116. The van der Waals surface area contributed by atoms with Gasteiger partial charge in [-0.15, -0.1) is 0 Å². The predicted octanol–water partition coefficient (Wildman–Crippen LogP) is 2.22. The van der Waals surface area contributed by atoms with Crippen LogP contribution >= 0.6 is 0 Å². The maximum absolute atomic E-state index is 11.3. The molecule has 2 heteroatoms. The van der Waals surface area contributed by atoms with Crippen molar-refractivity contribution in [3.63, 3.8) is 0 Å². The van der Waals surface area contributed by atoms with Gasteiger partial charge in [0.25, 0.3) is 0 Å². The van der Waals surface area contributed by atoms with Crippen LogP contribution in [-0.4, -0.2) is 11.6 Å². The van der Waals surface area contributed by atoms with Crippen LogP contribution in [0.4, 0.5) is 0 Å². The van der Waals surface area contributed by atoms with Crippen LogP contribution in [0.5, 0.6) is 0 Å². The van der Waals surface area contributed by atoms with Crippen LogP contribution in [0.25, 0.3) is 0 Å². The largest absolute Gasteiger partial charge is 0.300 e. The van der Waals surface area contributed by atoms with Crippen LogP contribution in [0.15, 0.2) is 0 Å². The third-order valence-electron chi connectivity index (χ3n) is 3.16. The van der Waals surface area contributed by atoms with E-state index in [-0.39, 0.29) is 23.4 Å². The Hall–Kier alpha value is -0.660. The molecule has 0 N–H and O–H groups in total. The molecule has 0 aromatic heterocycles. The Bertz CT molecular complexity index is 220. The van der Waals surface area contributed by atoms with Crippen molar-refractivity contribution in [2.24, 2.45) is 17.8 Å². The molecule has 13 heavy (non-hydrogen) atoms. The van der Waals surface area contributed by atoms with Crippen LogP contribution in [0, 0.1) is 17.8 Å². The van der Waals surface area contributed by atoms with E-state index in [1.807, 2.05) is 0 Å². The van der Waals surface area contributed by atoms with Gasteiger partial charge in [0.2, 0.25) is 0 Å². The first kappa shape index (κ1) is 10.4. The van der Waals surface area contributed by atoms with Crippen LogP contribution < -0.4 is 0 Å². The molecule has 0 aromatic carbocycles. The van der Waals surface area contributed by atoms with Crippen molar-refractivity contribution in [2.75, 3.05) is 0 Å². The lowest BCUT2D eigenvalue weighted by molar-refractivity contribution is -0.132. The Balaban J connectivity index is 2.72. The molecule has 0 heterocycles. The molecular formula is C11H18O2. The normalized spacial score (nSPS) is 34.2. The SMILES string of the molecule is CC(=O)C1CCC(C)CC1C(C)=O. The van der Waals surface area contributed by atoms with Crippen molar-refractivity contribution in [3.8, 4) is 0 Å². The summed E-state index contributed by atoms with van der Waals surface area (Å²) in [5.41, 5.74) is 0. The van der Waals surface area contributed by atoms with Gasteiger partial charge in [0, 0.05) is 11.8 Å². The summed E-state index contributed by atoms with van der Waals surface area (Å²) < 4.78 is 0. The second kappa shape index (κ2) is 4.03. The molecule has 1 fully saturated rings. The van der Waals surface area contributed by atoms with E-state index in [0.29, 0.717) is 5.92 Å². The zero-order valence-corrected chi connectivity index (χ0v) is 8.67. The van der Waals surface area contributed by atoms with E-state index in [2.05, 4.69) is 6.92 Å². The van der Waals surface area contributed by atoms with Crippen molar-refractivity contribution in [2.45, 2.75) is 40.0 Å². The first-order chi connectivity index (χ1) is 6.02. The van der Waals surface area contributed by atoms with Gasteiger partial charge in [0.1, 0.15) is 11.6 Å². The molecule has 1 saturated carbocycles. The molecule has 0 radical (unpaired) electrons. The third kappa shape index (κ3) is 2.39. The van der Waals surface area contributed by atoms with Crippen molar-refractivity contribution >= 4 is 11.6 Å². The topological polar surface area (TPSA) is 34.1 Å². The first-order valence-corrected chi connectivity index (χ1v) is 5.03. The molecular weight excluding hydrogens is 164 g/mol. The highest BCUT2D eigenvalue weighted by Crippen LogP contribution is 2.34. The summed E-state index contributed by atoms with van der Waals surface area (Å²) in [5, 5.41) is 0.